The van der Waals surface area contributed by atoms with Crippen molar-refractivity contribution in [1.82, 2.24) is 9.88 Å². The minimum absolute atomic E-state index is 0.127. The number of piperidine rings is 1. The average molecular weight is 443 g/mol. The van der Waals surface area contributed by atoms with Crippen LogP contribution in [0.25, 0.3) is 10.9 Å². The van der Waals surface area contributed by atoms with E-state index in [9.17, 15) is 4.79 Å². The molecule has 1 saturated heterocycles. The Morgan fingerprint density at radius 2 is 1.97 bits per heavy atom. The van der Waals surface area contributed by atoms with Crippen LogP contribution in [0.3, 0.4) is 0 Å². The number of anilines is 2. The van der Waals surface area contributed by atoms with Gasteiger partial charge in [0.05, 0.1) is 18.3 Å². The van der Waals surface area contributed by atoms with E-state index in [0.29, 0.717) is 6.61 Å². The van der Waals surface area contributed by atoms with Gasteiger partial charge in [0.2, 0.25) is 0 Å². The van der Waals surface area contributed by atoms with E-state index in [0.717, 1.165) is 60.4 Å². The molecule has 7 heteroatoms. The predicted molar refractivity (Wildman–Crippen MR) is 127 cm³/mol. The van der Waals surface area contributed by atoms with Crippen LogP contribution in [0, 0.1) is 0 Å². The van der Waals surface area contributed by atoms with Crippen LogP contribution in [0.15, 0.2) is 66.6 Å². The second kappa shape index (κ2) is 7.99. The molecular weight excluding hydrogens is 416 g/mol. The molecule has 33 heavy (non-hydrogen) atoms. The molecular formula is C26H26N4O3. The van der Waals surface area contributed by atoms with Crippen molar-refractivity contribution < 1.29 is 14.3 Å². The van der Waals surface area contributed by atoms with Gasteiger partial charge in [-0.2, -0.15) is 0 Å². The molecule has 0 unspecified atom stereocenters. The third-order valence-electron chi connectivity index (χ3n) is 6.88. The molecule has 0 radical (unpaired) electrons. The van der Waals surface area contributed by atoms with Crippen molar-refractivity contribution in [1.29, 1.82) is 0 Å². The highest BCUT2D eigenvalue weighted by Crippen LogP contribution is 2.36. The Balaban J connectivity index is 1.16. The third kappa shape index (κ3) is 3.44. The lowest BCUT2D eigenvalue weighted by Gasteiger charge is -2.46. The zero-order valence-corrected chi connectivity index (χ0v) is 18.6. The Bertz CT molecular complexity index is 1250. The summed E-state index contributed by atoms with van der Waals surface area (Å²) in [6.45, 7) is 3.01. The minimum Gasteiger partial charge on any atom is -0.497 e. The molecule has 4 heterocycles. The molecule has 3 aliphatic rings. The molecule has 2 aromatic carbocycles. The van der Waals surface area contributed by atoms with Crippen LogP contribution >= 0.6 is 0 Å². The van der Waals surface area contributed by atoms with Gasteiger partial charge in [0.25, 0.3) is 0 Å². The van der Waals surface area contributed by atoms with Gasteiger partial charge >= 0.3 is 6.09 Å². The molecule has 0 aliphatic carbocycles. The Hall–Kier alpha value is -3.74. The summed E-state index contributed by atoms with van der Waals surface area (Å²) in [5.41, 5.74) is 4.15. The van der Waals surface area contributed by atoms with Crippen LogP contribution in [0.2, 0.25) is 0 Å². The number of methoxy groups -OCH3 is 1. The fraction of sp³-hybridized carbons (Fsp3) is 0.308. The number of aromatic nitrogens is 1. The van der Waals surface area contributed by atoms with Gasteiger partial charge in [-0.1, -0.05) is 6.07 Å². The van der Waals surface area contributed by atoms with Gasteiger partial charge in [-0.15, -0.1) is 0 Å². The summed E-state index contributed by atoms with van der Waals surface area (Å²) in [6.07, 6.45) is 5.65. The fourth-order valence-electron chi connectivity index (χ4n) is 5.08. The first kappa shape index (κ1) is 19.9. The van der Waals surface area contributed by atoms with Crippen molar-refractivity contribution in [2.75, 3.05) is 36.5 Å². The maximum atomic E-state index is 12.7. The van der Waals surface area contributed by atoms with Crippen molar-refractivity contribution in [3.63, 3.8) is 0 Å². The Kier molecular flexibility index (Phi) is 4.82. The van der Waals surface area contributed by atoms with Crippen LogP contribution in [-0.4, -0.2) is 48.8 Å². The zero-order chi connectivity index (χ0) is 22.4. The third-order valence-corrected chi connectivity index (χ3v) is 6.88. The SMILES string of the molecule is COc1ccc2c(c1)COC(=O)N2C1CCN(C2=CCN2c2ccc3ncccc3c2)CC1. The first-order valence-electron chi connectivity index (χ1n) is 11.4. The van der Waals surface area contributed by atoms with Crippen LogP contribution < -0.4 is 14.5 Å². The average Bonchev–Trinajstić information content (AvgIpc) is 2.83. The number of nitrogens with zero attached hydrogens (tertiary/aromatic N) is 4. The van der Waals surface area contributed by atoms with Gasteiger partial charge in [-0.3, -0.25) is 9.88 Å². The van der Waals surface area contributed by atoms with Gasteiger partial charge in [0.1, 0.15) is 18.2 Å². The molecule has 7 nitrogen and oxygen atoms in total. The summed E-state index contributed by atoms with van der Waals surface area (Å²) in [6, 6.07) is 16.5. The predicted octanol–water partition coefficient (Wildman–Crippen LogP) is 4.53. The molecule has 3 aromatic rings. The lowest BCUT2D eigenvalue weighted by Crippen LogP contribution is -2.52. The normalized spacial score (nSPS) is 18.5. The molecule has 1 aromatic heterocycles. The van der Waals surface area contributed by atoms with Gasteiger partial charge in [0.15, 0.2) is 0 Å². The number of benzene rings is 2. The van der Waals surface area contributed by atoms with Crippen molar-refractivity contribution in [3.8, 4) is 5.75 Å². The number of cyclic esters (lactones) is 1. The van der Waals surface area contributed by atoms with Crippen molar-refractivity contribution >= 4 is 28.4 Å². The van der Waals surface area contributed by atoms with E-state index in [-0.39, 0.29) is 12.1 Å². The standard InChI is InChI=1S/C26H26N4O3/c1-32-22-5-7-24-19(16-22)17-33-26(31)30(24)20-8-12-28(13-9-20)25-10-14-29(25)21-4-6-23-18(15-21)3-2-11-27-23/h2-7,10-11,15-16,20H,8-9,12-14,17H2,1H3. The second-order valence-corrected chi connectivity index (χ2v) is 8.69. The summed E-state index contributed by atoms with van der Waals surface area (Å²) >= 11 is 0. The van der Waals surface area contributed by atoms with E-state index >= 15 is 0 Å². The van der Waals surface area contributed by atoms with E-state index in [2.05, 4.69) is 45.1 Å². The number of rotatable bonds is 4. The summed E-state index contributed by atoms with van der Waals surface area (Å²) in [7, 11) is 1.65. The largest absolute Gasteiger partial charge is 0.497 e. The summed E-state index contributed by atoms with van der Waals surface area (Å²) in [5.74, 6) is 2.03. The number of carbonyl (C=O) groups excluding carboxylic acids is 1. The maximum absolute atomic E-state index is 12.7. The van der Waals surface area contributed by atoms with Crippen LogP contribution in [0.4, 0.5) is 16.2 Å². The number of carbonyl (C=O) groups is 1. The number of hydrogen-bond donors (Lipinski definition) is 0. The Morgan fingerprint density at radius 3 is 2.76 bits per heavy atom. The van der Waals surface area contributed by atoms with E-state index < -0.39 is 0 Å². The van der Waals surface area contributed by atoms with E-state index in [1.165, 1.54) is 11.5 Å². The van der Waals surface area contributed by atoms with Crippen molar-refractivity contribution in [3.05, 3.63) is 72.2 Å². The number of pyridine rings is 1. The molecule has 6 rings (SSSR count). The summed E-state index contributed by atoms with van der Waals surface area (Å²) in [4.78, 5) is 23.7. The monoisotopic (exact) mass is 442 g/mol. The zero-order valence-electron chi connectivity index (χ0n) is 18.6. The molecule has 0 spiro atoms. The number of amides is 1. The fourth-order valence-corrected chi connectivity index (χ4v) is 5.08. The van der Waals surface area contributed by atoms with Gasteiger partial charge in [-0.05, 0) is 61.4 Å². The lowest BCUT2D eigenvalue weighted by atomic mass is 10.00. The molecule has 0 atom stereocenters. The summed E-state index contributed by atoms with van der Waals surface area (Å²) < 4.78 is 10.8. The van der Waals surface area contributed by atoms with Crippen LogP contribution in [0.5, 0.6) is 5.75 Å². The van der Waals surface area contributed by atoms with Crippen LogP contribution in [-0.2, 0) is 11.3 Å². The quantitative estimate of drug-likeness (QED) is 0.592. The van der Waals surface area contributed by atoms with E-state index in [1.807, 2.05) is 35.4 Å². The molecule has 1 fully saturated rings. The number of ether oxygens (including phenoxy) is 2. The van der Waals surface area contributed by atoms with Crippen LogP contribution in [0.1, 0.15) is 18.4 Å². The lowest BCUT2D eigenvalue weighted by molar-refractivity contribution is 0.134. The highest BCUT2D eigenvalue weighted by atomic mass is 16.6. The minimum atomic E-state index is -0.250. The molecule has 0 saturated carbocycles. The van der Waals surface area contributed by atoms with Gasteiger partial charge < -0.3 is 19.3 Å². The molecule has 168 valence electrons. The van der Waals surface area contributed by atoms with E-state index in [1.54, 1.807) is 7.11 Å². The molecule has 0 bridgehead atoms. The number of likely N-dealkylation sites (tertiary alicyclic amines) is 1. The first-order chi connectivity index (χ1) is 16.2. The van der Waals surface area contributed by atoms with Crippen molar-refractivity contribution in [2.45, 2.75) is 25.5 Å². The topological polar surface area (TPSA) is 58.1 Å². The van der Waals surface area contributed by atoms with Gasteiger partial charge in [-0.25, -0.2) is 4.79 Å². The maximum Gasteiger partial charge on any atom is 0.414 e. The van der Waals surface area contributed by atoms with Gasteiger partial charge in [0, 0.05) is 48.5 Å². The summed E-state index contributed by atoms with van der Waals surface area (Å²) in [5, 5.41) is 1.15. The molecule has 3 aliphatic heterocycles. The Labute approximate surface area is 192 Å². The Morgan fingerprint density at radius 1 is 1.09 bits per heavy atom. The van der Waals surface area contributed by atoms with E-state index in [4.69, 9.17) is 9.47 Å². The first-order valence-corrected chi connectivity index (χ1v) is 11.4. The highest BCUT2D eigenvalue weighted by Gasteiger charge is 2.36. The number of fused-ring (bicyclic) bond motifs is 2. The molecule has 0 N–H and O–H groups in total. The highest BCUT2D eigenvalue weighted by molar-refractivity contribution is 5.91. The smallest absolute Gasteiger partial charge is 0.414 e. The molecule has 1 amide bonds. The van der Waals surface area contributed by atoms with Crippen molar-refractivity contribution in [2.24, 2.45) is 0 Å². The second-order valence-electron chi connectivity index (χ2n) is 8.69. The number of hydrogen-bond acceptors (Lipinski definition) is 6.